The lowest BCUT2D eigenvalue weighted by Gasteiger charge is -2.19. The van der Waals surface area contributed by atoms with Crippen LogP contribution >= 0.6 is 11.3 Å². The number of benzene rings is 1. The van der Waals surface area contributed by atoms with Crippen molar-refractivity contribution in [2.45, 2.75) is 46.0 Å². The molecule has 2 heterocycles. The van der Waals surface area contributed by atoms with Gasteiger partial charge in [-0.15, -0.1) is 11.3 Å². The zero-order valence-corrected chi connectivity index (χ0v) is 17.6. The zero-order valence-electron chi connectivity index (χ0n) is 16.7. The first-order valence-corrected chi connectivity index (χ1v) is 11.0. The maximum absolute atomic E-state index is 12.5. The highest BCUT2D eigenvalue weighted by Crippen LogP contribution is 2.38. The number of nitrogens with one attached hydrogen (secondary N) is 1. The fourth-order valence-corrected chi connectivity index (χ4v) is 5.04. The van der Waals surface area contributed by atoms with Crippen molar-refractivity contribution >= 4 is 34.2 Å². The van der Waals surface area contributed by atoms with Gasteiger partial charge in [0.25, 0.3) is 0 Å². The molecule has 152 valence electrons. The monoisotopic (exact) mass is 411 g/mol. The molecule has 1 aliphatic heterocycles. The van der Waals surface area contributed by atoms with Gasteiger partial charge < -0.3 is 5.32 Å². The van der Waals surface area contributed by atoms with Gasteiger partial charge in [-0.05, 0) is 38.3 Å². The Bertz CT molecular complexity index is 944. The van der Waals surface area contributed by atoms with Crippen molar-refractivity contribution in [3.63, 3.8) is 0 Å². The fraction of sp³-hybridized carbons (Fsp3) is 0.455. The third-order valence-electron chi connectivity index (χ3n) is 5.91. The molecule has 2 aromatic rings. The molecule has 2 aliphatic rings. The number of likely N-dealkylation sites (tertiary alicyclic amines) is 1. The lowest BCUT2D eigenvalue weighted by atomic mass is 9.81. The first-order chi connectivity index (χ1) is 13.9. The molecule has 6 nitrogen and oxygen atoms in total. The number of hydrogen-bond donors (Lipinski definition) is 1. The lowest BCUT2D eigenvalue weighted by molar-refractivity contribution is -0.140. The van der Waals surface area contributed by atoms with Crippen LogP contribution in [0.25, 0.3) is 11.3 Å². The molecule has 0 unspecified atom stereocenters. The average molecular weight is 412 g/mol. The van der Waals surface area contributed by atoms with Crippen LogP contribution in [0.3, 0.4) is 0 Å². The minimum atomic E-state index is -0.234. The quantitative estimate of drug-likeness (QED) is 0.756. The van der Waals surface area contributed by atoms with Crippen molar-refractivity contribution in [1.29, 1.82) is 0 Å². The van der Waals surface area contributed by atoms with Crippen molar-refractivity contribution in [2.75, 3.05) is 11.9 Å². The summed E-state index contributed by atoms with van der Waals surface area (Å²) in [6, 6.07) is 6.20. The molecule has 1 saturated carbocycles. The number of nitrogens with zero attached hydrogens (tertiary/aromatic N) is 2. The van der Waals surface area contributed by atoms with E-state index in [9.17, 15) is 14.4 Å². The first kappa shape index (κ1) is 19.8. The van der Waals surface area contributed by atoms with E-state index < -0.39 is 0 Å². The second-order valence-corrected chi connectivity index (χ2v) is 8.84. The van der Waals surface area contributed by atoms with E-state index in [1.807, 2.05) is 19.2 Å². The maximum atomic E-state index is 12.5. The number of rotatable bonds is 5. The normalized spacial score (nSPS) is 21.4. The zero-order chi connectivity index (χ0) is 20.5. The van der Waals surface area contributed by atoms with Crippen LogP contribution in [-0.4, -0.2) is 34.2 Å². The van der Waals surface area contributed by atoms with E-state index in [0.29, 0.717) is 5.13 Å². The number of aromatic nitrogens is 1. The first-order valence-electron chi connectivity index (χ1n) is 10.1. The Labute approximate surface area is 174 Å². The third-order valence-corrected chi connectivity index (χ3v) is 6.67. The van der Waals surface area contributed by atoms with Crippen LogP contribution in [0.4, 0.5) is 5.13 Å². The molecule has 0 spiro atoms. The number of carbonyl (C=O) groups is 3. The van der Waals surface area contributed by atoms with E-state index in [0.717, 1.165) is 48.1 Å². The highest BCUT2D eigenvalue weighted by atomic mass is 32.1. The number of hydrogen-bond acceptors (Lipinski definition) is 5. The topological polar surface area (TPSA) is 79.4 Å². The number of thiazole rings is 1. The maximum Gasteiger partial charge on any atom is 0.233 e. The van der Waals surface area contributed by atoms with Crippen LogP contribution in [0.15, 0.2) is 23.6 Å². The molecule has 3 amide bonds. The van der Waals surface area contributed by atoms with Crippen molar-refractivity contribution in [1.82, 2.24) is 9.88 Å². The van der Waals surface area contributed by atoms with Crippen LogP contribution in [0, 0.1) is 25.7 Å². The number of aryl methyl sites for hydroxylation is 2. The molecule has 29 heavy (non-hydrogen) atoms. The standard InChI is InChI=1S/C22H25N3O3S/c1-13-7-8-14(2)17(11-13)18-12-29-22(23-18)24-19(26)9-10-25-20(27)15-5-3-4-6-16(15)21(25)28/h7-8,11-12,15-16H,3-6,9-10H2,1-2H3,(H,23,24,26)/t15-,16+. The highest BCUT2D eigenvalue weighted by Gasteiger charge is 2.47. The molecule has 1 saturated heterocycles. The van der Waals surface area contributed by atoms with Gasteiger partial charge in [0, 0.05) is 23.9 Å². The van der Waals surface area contributed by atoms with Gasteiger partial charge in [0.15, 0.2) is 5.13 Å². The van der Waals surface area contributed by atoms with Crippen LogP contribution in [0.1, 0.15) is 43.2 Å². The summed E-state index contributed by atoms with van der Waals surface area (Å²) in [5, 5.41) is 5.25. The molecule has 2 fully saturated rings. The summed E-state index contributed by atoms with van der Waals surface area (Å²) in [7, 11) is 0. The molecule has 1 aliphatic carbocycles. The molecular formula is C22H25N3O3S. The van der Waals surface area contributed by atoms with E-state index in [4.69, 9.17) is 0 Å². The van der Waals surface area contributed by atoms with Crippen molar-refractivity contribution in [3.8, 4) is 11.3 Å². The summed E-state index contributed by atoms with van der Waals surface area (Å²) in [5.74, 6) is -0.767. The predicted octanol–water partition coefficient (Wildman–Crippen LogP) is 3.93. The molecule has 2 atom stereocenters. The van der Waals surface area contributed by atoms with E-state index in [1.54, 1.807) is 0 Å². The molecule has 1 aromatic heterocycles. The summed E-state index contributed by atoms with van der Waals surface area (Å²) in [6.45, 7) is 4.22. The minimum absolute atomic E-state index is 0.0926. The number of fused-ring (bicyclic) bond motifs is 1. The van der Waals surface area contributed by atoms with Gasteiger partial charge in [0.2, 0.25) is 17.7 Å². The van der Waals surface area contributed by atoms with E-state index >= 15 is 0 Å². The third kappa shape index (κ3) is 3.96. The van der Waals surface area contributed by atoms with Crippen LogP contribution in [0.5, 0.6) is 0 Å². The molecule has 4 rings (SSSR count). The van der Waals surface area contributed by atoms with Crippen molar-refractivity contribution in [2.24, 2.45) is 11.8 Å². The van der Waals surface area contributed by atoms with Crippen LogP contribution < -0.4 is 5.32 Å². The summed E-state index contributed by atoms with van der Waals surface area (Å²) in [5.41, 5.74) is 4.18. The van der Waals surface area contributed by atoms with Crippen LogP contribution in [-0.2, 0) is 14.4 Å². The smallest absolute Gasteiger partial charge is 0.233 e. The number of anilines is 1. The Morgan fingerprint density at radius 1 is 1.17 bits per heavy atom. The summed E-state index contributed by atoms with van der Waals surface area (Å²) >= 11 is 1.37. The average Bonchev–Trinajstić information content (AvgIpc) is 3.26. The number of amides is 3. The van der Waals surface area contributed by atoms with Gasteiger partial charge in [-0.1, -0.05) is 30.5 Å². The lowest BCUT2D eigenvalue weighted by Crippen LogP contribution is -2.34. The highest BCUT2D eigenvalue weighted by molar-refractivity contribution is 7.14. The second-order valence-electron chi connectivity index (χ2n) is 7.98. The Kier molecular flexibility index (Phi) is 5.50. The Hall–Kier alpha value is -2.54. The Balaban J connectivity index is 1.36. The van der Waals surface area contributed by atoms with Gasteiger partial charge in [-0.2, -0.15) is 0 Å². The van der Waals surface area contributed by atoms with E-state index in [-0.39, 0.29) is 42.5 Å². The molecule has 1 aromatic carbocycles. The Morgan fingerprint density at radius 2 is 1.86 bits per heavy atom. The van der Waals surface area contributed by atoms with Gasteiger partial charge in [-0.3, -0.25) is 19.3 Å². The minimum Gasteiger partial charge on any atom is -0.302 e. The molecule has 0 radical (unpaired) electrons. The largest absolute Gasteiger partial charge is 0.302 e. The van der Waals surface area contributed by atoms with Gasteiger partial charge >= 0.3 is 0 Å². The molecular weight excluding hydrogens is 386 g/mol. The molecule has 1 N–H and O–H groups in total. The summed E-state index contributed by atoms with van der Waals surface area (Å²) < 4.78 is 0. The Morgan fingerprint density at radius 3 is 2.55 bits per heavy atom. The van der Waals surface area contributed by atoms with Crippen molar-refractivity contribution in [3.05, 3.63) is 34.7 Å². The summed E-state index contributed by atoms with van der Waals surface area (Å²) in [6.07, 6.45) is 3.67. The number of carbonyl (C=O) groups excluding carboxylic acids is 3. The molecule has 0 bridgehead atoms. The van der Waals surface area contributed by atoms with Gasteiger partial charge in [0.1, 0.15) is 0 Å². The SMILES string of the molecule is Cc1ccc(C)c(-c2csc(NC(=O)CCN3C(=O)[C@H]4CCCC[C@H]4C3=O)n2)c1. The van der Waals surface area contributed by atoms with Gasteiger partial charge in [-0.25, -0.2) is 4.98 Å². The van der Waals surface area contributed by atoms with Crippen LogP contribution in [0.2, 0.25) is 0 Å². The van der Waals surface area contributed by atoms with Gasteiger partial charge in [0.05, 0.1) is 17.5 Å². The van der Waals surface area contributed by atoms with Crippen molar-refractivity contribution < 1.29 is 14.4 Å². The summed E-state index contributed by atoms with van der Waals surface area (Å²) in [4.78, 5) is 43.2. The number of imide groups is 1. The predicted molar refractivity (Wildman–Crippen MR) is 112 cm³/mol. The fourth-order valence-electron chi connectivity index (χ4n) is 4.31. The molecule has 7 heteroatoms. The van der Waals surface area contributed by atoms with E-state index in [2.05, 4.69) is 28.5 Å². The second kappa shape index (κ2) is 8.06. The van der Waals surface area contributed by atoms with E-state index in [1.165, 1.54) is 16.2 Å².